The molecule has 4 aliphatic rings. The first-order valence-corrected chi connectivity index (χ1v) is 13.9. The molecule has 2 saturated heterocycles. The summed E-state index contributed by atoms with van der Waals surface area (Å²) < 4.78 is 31.6. The molecule has 0 N–H and O–H groups in total. The lowest BCUT2D eigenvalue weighted by molar-refractivity contribution is -0.156. The van der Waals surface area contributed by atoms with E-state index in [0.29, 0.717) is 22.6 Å². The van der Waals surface area contributed by atoms with Gasteiger partial charge < -0.3 is 14.2 Å². The highest BCUT2D eigenvalue weighted by Gasteiger charge is 2.60. The molecular weight excluding hydrogens is 503 g/mol. The number of hydrogen-bond acceptors (Lipinski definition) is 7. The number of rotatable bonds is 6. The molecule has 0 spiro atoms. The Morgan fingerprint density at radius 3 is 2.26 bits per heavy atom. The minimum Gasteiger partial charge on any atom is -0.489 e. The number of benzene rings is 2. The Bertz CT molecular complexity index is 1330. The minimum atomic E-state index is -1.04. The van der Waals surface area contributed by atoms with Crippen molar-refractivity contribution in [2.45, 2.75) is 75.7 Å². The summed E-state index contributed by atoms with van der Waals surface area (Å²) in [6.07, 6.45) is 5.23. The summed E-state index contributed by atoms with van der Waals surface area (Å²) in [4.78, 5) is 50.5. The molecule has 39 heavy (non-hydrogen) atoms. The highest BCUT2D eigenvalue weighted by Crippen LogP contribution is 2.52. The molecule has 5 unspecified atom stereocenters. The Kier molecular flexibility index (Phi) is 6.73. The largest absolute Gasteiger partial charge is 0.489 e. The molecule has 0 aromatic heterocycles. The Balaban J connectivity index is 1.33. The first-order chi connectivity index (χ1) is 18.9. The van der Waals surface area contributed by atoms with Gasteiger partial charge in [0.1, 0.15) is 23.6 Å². The highest BCUT2D eigenvalue weighted by molar-refractivity contribution is 6.01. The third-order valence-corrected chi connectivity index (χ3v) is 9.05. The summed E-state index contributed by atoms with van der Waals surface area (Å²) >= 11 is 0. The summed E-state index contributed by atoms with van der Waals surface area (Å²) in [5.41, 5.74) is 1.84. The second kappa shape index (κ2) is 10.2. The fraction of sp³-hybridized carbons (Fsp3) is 0.484. The maximum absolute atomic E-state index is 15.4. The molecule has 0 amide bonds. The Morgan fingerprint density at radius 2 is 1.59 bits per heavy atom. The van der Waals surface area contributed by atoms with Crippen molar-refractivity contribution < 1.29 is 37.8 Å². The van der Waals surface area contributed by atoms with Crippen LogP contribution in [0.3, 0.4) is 0 Å². The highest BCUT2D eigenvalue weighted by atomic mass is 19.1. The summed E-state index contributed by atoms with van der Waals surface area (Å²) in [7, 11) is 0. The molecule has 2 aromatic rings. The maximum Gasteiger partial charge on any atom is 0.322 e. The molecular formula is C31H31FO7. The van der Waals surface area contributed by atoms with Crippen molar-refractivity contribution >= 4 is 23.9 Å². The molecule has 2 aliphatic heterocycles. The van der Waals surface area contributed by atoms with E-state index in [4.69, 9.17) is 14.2 Å². The molecule has 0 radical (unpaired) electrons. The molecule has 1 saturated carbocycles. The van der Waals surface area contributed by atoms with Gasteiger partial charge in [-0.3, -0.25) is 19.2 Å². The second-order valence-corrected chi connectivity index (χ2v) is 11.3. The van der Waals surface area contributed by atoms with Crippen LogP contribution in [-0.2, 0) is 28.7 Å². The van der Waals surface area contributed by atoms with Crippen LogP contribution in [0.5, 0.6) is 5.75 Å². The van der Waals surface area contributed by atoms with Crippen LogP contribution in [0.1, 0.15) is 86.3 Å². The Labute approximate surface area is 226 Å². The lowest BCUT2D eigenvalue weighted by Gasteiger charge is -2.40. The number of ether oxygens (including phenoxy) is 3. The van der Waals surface area contributed by atoms with Crippen LogP contribution in [0.25, 0.3) is 0 Å². The van der Waals surface area contributed by atoms with E-state index >= 15 is 4.39 Å². The van der Waals surface area contributed by atoms with Crippen molar-refractivity contribution in [2.75, 3.05) is 0 Å². The molecule has 2 aliphatic carbocycles. The SMILES string of the molecule is CCCC1CCC(c2ccc(OC3C4C(=O)OC(=O)C4c4ccccc4C3C3CC(=O)OC3=O)cc2F)CC1. The van der Waals surface area contributed by atoms with Gasteiger partial charge in [-0.15, -0.1) is 0 Å². The van der Waals surface area contributed by atoms with E-state index in [1.54, 1.807) is 36.4 Å². The smallest absolute Gasteiger partial charge is 0.322 e. The third kappa shape index (κ3) is 4.53. The van der Waals surface area contributed by atoms with Crippen LogP contribution in [-0.4, -0.2) is 30.0 Å². The van der Waals surface area contributed by atoms with E-state index in [1.165, 1.54) is 12.5 Å². The average Bonchev–Trinajstić information content (AvgIpc) is 3.41. The number of hydrogen-bond donors (Lipinski definition) is 0. The number of halogens is 1. The van der Waals surface area contributed by atoms with Gasteiger partial charge in [-0.2, -0.15) is 0 Å². The van der Waals surface area contributed by atoms with Crippen LogP contribution < -0.4 is 4.74 Å². The van der Waals surface area contributed by atoms with Gasteiger partial charge in [-0.05, 0) is 60.3 Å². The van der Waals surface area contributed by atoms with Gasteiger partial charge >= 0.3 is 23.9 Å². The van der Waals surface area contributed by atoms with Gasteiger partial charge in [0.05, 0.1) is 18.3 Å². The summed E-state index contributed by atoms with van der Waals surface area (Å²) in [5, 5.41) is 0. The third-order valence-electron chi connectivity index (χ3n) is 9.05. The molecule has 204 valence electrons. The zero-order chi connectivity index (χ0) is 27.3. The van der Waals surface area contributed by atoms with Gasteiger partial charge in [0.15, 0.2) is 0 Å². The van der Waals surface area contributed by atoms with E-state index in [0.717, 1.165) is 32.1 Å². The van der Waals surface area contributed by atoms with Crippen molar-refractivity contribution in [3.63, 3.8) is 0 Å². The van der Waals surface area contributed by atoms with Crippen molar-refractivity contribution in [1.82, 2.24) is 0 Å². The standard InChI is InChI=1S/C31H31FO7/c1-2-5-16-8-10-17(11-9-16)19-13-12-18(14-23(19)32)37-28-25(22-15-24(33)38-29(22)34)20-6-3-4-7-21(20)26-27(28)31(36)39-30(26)35/h3-4,6-7,12-14,16-17,22,25-28H,2,5,8-11,15H2,1H3. The maximum atomic E-state index is 15.4. The number of cyclic esters (lactones) is 4. The van der Waals surface area contributed by atoms with Crippen molar-refractivity contribution in [3.05, 3.63) is 65.0 Å². The molecule has 5 atom stereocenters. The summed E-state index contributed by atoms with van der Waals surface area (Å²) in [5.74, 6) is -5.77. The van der Waals surface area contributed by atoms with Crippen LogP contribution in [0, 0.1) is 23.6 Å². The quantitative estimate of drug-likeness (QED) is 0.366. The van der Waals surface area contributed by atoms with Gasteiger partial charge in [0, 0.05) is 12.0 Å². The number of esters is 4. The number of carbonyl (C=O) groups excluding carboxylic acids is 4. The van der Waals surface area contributed by atoms with Crippen molar-refractivity contribution in [3.8, 4) is 5.75 Å². The van der Waals surface area contributed by atoms with E-state index < -0.39 is 53.7 Å². The summed E-state index contributed by atoms with van der Waals surface area (Å²) in [6.45, 7) is 2.19. The topological polar surface area (TPSA) is 96.0 Å². The second-order valence-electron chi connectivity index (χ2n) is 11.3. The molecule has 6 rings (SSSR count). The van der Waals surface area contributed by atoms with Crippen LogP contribution in [0.4, 0.5) is 4.39 Å². The first kappa shape index (κ1) is 25.7. The fourth-order valence-electron chi connectivity index (χ4n) is 7.25. The molecule has 3 fully saturated rings. The van der Waals surface area contributed by atoms with E-state index in [-0.39, 0.29) is 23.9 Å². The van der Waals surface area contributed by atoms with E-state index in [9.17, 15) is 19.2 Å². The lowest BCUT2D eigenvalue weighted by Crippen LogP contribution is -2.46. The van der Waals surface area contributed by atoms with E-state index in [2.05, 4.69) is 6.92 Å². The number of carbonyl (C=O) groups is 4. The monoisotopic (exact) mass is 534 g/mol. The lowest BCUT2D eigenvalue weighted by atomic mass is 9.65. The molecule has 0 bridgehead atoms. The summed E-state index contributed by atoms with van der Waals surface area (Å²) in [6, 6.07) is 11.7. The van der Waals surface area contributed by atoms with Crippen LogP contribution in [0.2, 0.25) is 0 Å². The average molecular weight is 535 g/mol. The van der Waals surface area contributed by atoms with Crippen LogP contribution in [0.15, 0.2) is 42.5 Å². The molecule has 2 heterocycles. The van der Waals surface area contributed by atoms with Crippen molar-refractivity contribution in [1.29, 1.82) is 0 Å². The minimum absolute atomic E-state index is 0.146. The molecule has 7 nitrogen and oxygen atoms in total. The fourth-order valence-corrected chi connectivity index (χ4v) is 7.25. The van der Waals surface area contributed by atoms with Crippen LogP contribution >= 0.6 is 0 Å². The van der Waals surface area contributed by atoms with Crippen molar-refractivity contribution in [2.24, 2.45) is 17.8 Å². The normalized spacial score (nSPS) is 31.9. The zero-order valence-electron chi connectivity index (χ0n) is 21.8. The number of fused-ring (bicyclic) bond motifs is 3. The predicted molar refractivity (Wildman–Crippen MR) is 136 cm³/mol. The Morgan fingerprint density at radius 1 is 0.846 bits per heavy atom. The van der Waals surface area contributed by atoms with Gasteiger partial charge in [-0.1, -0.05) is 50.1 Å². The predicted octanol–water partition coefficient (Wildman–Crippen LogP) is 5.32. The van der Waals surface area contributed by atoms with Gasteiger partial charge in [0.2, 0.25) is 0 Å². The van der Waals surface area contributed by atoms with E-state index in [1.807, 2.05) is 0 Å². The van der Waals surface area contributed by atoms with Gasteiger partial charge in [0.25, 0.3) is 0 Å². The zero-order valence-corrected chi connectivity index (χ0v) is 21.8. The molecule has 2 aromatic carbocycles. The molecule has 8 heteroatoms. The Hall–Kier alpha value is -3.55. The first-order valence-electron chi connectivity index (χ1n) is 13.9. The van der Waals surface area contributed by atoms with Gasteiger partial charge in [-0.25, -0.2) is 4.39 Å².